The van der Waals surface area contributed by atoms with Gasteiger partial charge in [0.05, 0.1) is 11.6 Å². The third-order valence-electron chi connectivity index (χ3n) is 2.85. The van der Waals surface area contributed by atoms with E-state index in [9.17, 15) is 9.90 Å². The van der Waals surface area contributed by atoms with E-state index in [0.717, 1.165) is 4.88 Å². The first-order valence-electron chi connectivity index (χ1n) is 7.47. The molecule has 1 aromatic rings. The molecule has 0 saturated carbocycles. The molecule has 0 aromatic carbocycles. The van der Waals surface area contributed by atoms with Crippen molar-refractivity contribution in [3.8, 4) is 0 Å². The summed E-state index contributed by atoms with van der Waals surface area (Å²) in [6, 6.07) is 0.180. The monoisotopic (exact) mass is 329 g/mol. The van der Waals surface area contributed by atoms with Crippen LogP contribution in [0.3, 0.4) is 0 Å². The van der Waals surface area contributed by atoms with Gasteiger partial charge in [0.25, 0.3) is 0 Å². The molecule has 1 rings (SSSR count). The van der Waals surface area contributed by atoms with Gasteiger partial charge in [-0.2, -0.15) is 0 Å². The highest BCUT2D eigenvalue weighted by atomic mass is 32.1. The third kappa shape index (κ3) is 7.20. The number of ether oxygens (including phenoxy) is 1. The van der Waals surface area contributed by atoms with Crippen molar-refractivity contribution in [2.24, 2.45) is 0 Å². The Morgan fingerprint density at radius 3 is 2.68 bits per heavy atom. The van der Waals surface area contributed by atoms with Crippen molar-refractivity contribution < 1.29 is 14.6 Å². The van der Waals surface area contributed by atoms with E-state index in [2.05, 4.69) is 17.2 Å². The largest absolute Gasteiger partial charge is 0.444 e. The lowest BCUT2D eigenvalue weighted by Crippen LogP contribution is -2.43. The van der Waals surface area contributed by atoms with Crippen LogP contribution in [0.4, 0.5) is 4.79 Å². The lowest BCUT2D eigenvalue weighted by atomic mass is 10.2. The summed E-state index contributed by atoms with van der Waals surface area (Å²) < 4.78 is 5.37. The number of nitrogens with one attached hydrogen (secondary N) is 1. The molecule has 6 nitrogen and oxygen atoms in total. The zero-order valence-electron chi connectivity index (χ0n) is 14.0. The number of thiazole rings is 1. The Labute approximate surface area is 136 Å². The molecule has 1 aromatic heterocycles. The molecule has 0 spiro atoms. The van der Waals surface area contributed by atoms with Crippen molar-refractivity contribution in [1.29, 1.82) is 0 Å². The number of aliphatic hydroxyl groups is 1. The molecule has 0 saturated heterocycles. The first kappa shape index (κ1) is 18.9. The van der Waals surface area contributed by atoms with Crippen LogP contribution in [-0.2, 0) is 4.74 Å². The topological polar surface area (TPSA) is 74.7 Å². The normalized spacial score (nSPS) is 14.5. The number of carbonyl (C=O) groups excluding carboxylic acids is 1. The van der Waals surface area contributed by atoms with Crippen LogP contribution < -0.4 is 5.32 Å². The van der Waals surface area contributed by atoms with Gasteiger partial charge in [0.2, 0.25) is 0 Å². The Morgan fingerprint density at radius 1 is 1.50 bits per heavy atom. The molecule has 2 N–H and O–H groups in total. The van der Waals surface area contributed by atoms with Gasteiger partial charge in [-0.05, 0) is 34.6 Å². The maximum Gasteiger partial charge on any atom is 0.410 e. The Bertz CT molecular complexity index is 443. The fourth-order valence-electron chi connectivity index (χ4n) is 1.86. The summed E-state index contributed by atoms with van der Waals surface area (Å²) in [6.07, 6.45) is 0.844. The van der Waals surface area contributed by atoms with E-state index in [1.54, 1.807) is 23.8 Å². The number of aliphatic hydroxyl groups excluding tert-OH is 1. The van der Waals surface area contributed by atoms with Crippen LogP contribution >= 0.6 is 11.3 Å². The predicted octanol–water partition coefficient (Wildman–Crippen LogP) is 2.41. The van der Waals surface area contributed by atoms with Crippen LogP contribution in [-0.4, -0.2) is 52.4 Å². The lowest BCUT2D eigenvalue weighted by Gasteiger charge is -2.28. The summed E-state index contributed by atoms with van der Waals surface area (Å²) in [5.74, 6) is 0. The predicted molar refractivity (Wildman–Crippen MR) is 88.0 cm³/mol. The maximum absolute atomic E-state index is 12.2. The molecular weight excluding hydrogens is 302 g/mol. The minimum absolute atomic E-state index is 0.180. The molecule has 0 fully saturated rings. The van der Waals surface area contributed by atoms with E-state index >= 15 is 0 Å². The van der Waals surface area contributed by atoms with Crippen molar-refractivity contribution in [3.05, 3.63) is 16.6 Å². The molecule has 1 amide bonds. The minimum Gasteiger partial charge on any atom is -0.444 e. The van der Waals surface area contributed by atoms with E-state index in [4.69, 9.17) is 4.74 Å². The molecule has 0 aliphatic rings. The molecule has 22 heavy (non-hydrogen) atoms. The van der Waals surface area contributed by atoms with Gasteiger partial charge in [-0.1, -0.05) is 0 Å². The van der Waals surface area contributed by atoms with Crippen LogP contribution in [0.25, 0.3) is 0 Å². The van der Waals surface area contributed by atoms with Gasteiger partial charge in [0.1, 0.15) is 5.60 Å². The molecule has 1 heterocycles. The Balaban J connectivity index is 2.49. The Morgan fingerprint density at radius 2 is 2.18 bits per heavy atom. The number of nitrogens with zero attached hydrogens (tertiary/aromatic N) is 2. The van der Waals surface area contributed by atoms with Gasteiger partial charge in [-0.25, -0.2) is 4.79 Å². The van der Waals surface area contributed by atoms with Gasteiger partial charge >= 0.3 is 6.09 Å². The average Bonchev–Trinajstić information content (AvgIpc) is 2.88. The molecule has 0 bridgehead atoms. The summed E-state index contributed by atoms with van der Waals surface area (Å²) in [4.78, 5) is 18.9. The van der Waals surface area contributed by atoms with E-state index in [0.29, 0.717) is 13.1 Å². The number of rotatable bonds is 7. The fraction of sp³-hybridized carbons (Fsp3) is 0.733. The molecule has 2 atom stereocenters. The van der Waals surface area contributed by atoms with Crippen LogP contribution in [0.5, 0.6) is 0 Å². The second kappa shape index (κ2) is 8.45. The molecule has 0 aliphatic carbocycles. The van der Waals surface area contributed by atoms with Gasteiger partial charge in [-0.3, -0.25) is 4.98 Å². The highest BCUT2D eigenvalue weighted by Crippen LogP contribution is 2.16. The molecule has 0 radical (unpaired) electrons. The summed E-state index contributed by atoms with van der Waals surface area (Å²) in [7, 11) is 0. The van der Waals surface area contributed by atoms with Crippen molar-refractivity contribution in [2.45, 2.75) is 52.4 Å². The smallest absolute Gasteiger partial charge is 0.410 e. The van der Waals surface area contributed by atoms with Gasteiger partial charge in [0, 0.05) is 36.8 Å². The van der Waals surface area contributed by atoms with Crippen molar-refractivity contribution in [3.63, 3.8) is 0 Å². The standard InChI is InChI=1S/C15H27N3O3S/c1-11(19)9-18(14(20)21-15(3,4)5)7-6-17-12(2)13-8-16-10-22-13/h8,10-12,17,19H,6-7,9H2,1-5H3. The van der Waals surface area contributed by atoms with E-state index in [-0.39, 0.29) is 12.6 Å². The second-order valence-corrected chi connectivity index (χ2v) is 7.27. The van der Waals surface area contributed by atoms with Crippen molar-refractivity contribution in [1.82, 2.24) is 15.2 Å². The highest BCUT2D eigenvalue weighted by Gasteiger charge is 2.23. The summed E-state index contributed by atoms with van der Waals surface area (Å²) in [5.41, 5.74) is 1.26. The quantitative estimate of drug-likeness (QED) is 0.803. The molecule has 2 unspecified atom stereocenters. The number of aromatic nitrogens is 1. The van der Waals surface area contributed by atoms with Gasteiger partial charge in [0.15, 0.2) is 0 Å². The first-order valence-corrected chi connectivity index (χ1v) is 8.35. The van der Waals surface area contributed by atoms with E-state index in [1.165, 1.54) is 4.90 Å². The fourth-order valence-corrected chi connectivity index (χ4v) is 2.51. The van der Waals surface area contributed by atoms with Gasteiger partial charge < -0.3 is 20.1 Å². The third-order valence-corrected chi connectivity index (χ3v) is 3.81. The van der Waals surface area contributed by atoms with Crippen LogP contribution in [0.15, 0.2) is 11.7 Å². The summed E-state index contributed by atoms with van der Waals surface area (Å²) in [6.45, 7) is 10.5. The van der Waals surface area contributed by atoms with Crippen molar-refractivity contribution in [2.75, 3.05) is 19.6 Å². The van der Waals surface area contributed by atoms with E-state index in [1.807, 2.05) is 27.0 Å². The number of hydrogen-bond donors (Lipinski definition) is 2. The SMILES string of the molecule is CC(O)CN(CCNC(C)c1cncs1)C(=O)OC(C)(C)C. The van der Waals surface area contributed by atoms with Crippen LogP contribution in [0.2, 0.25) is 0 Å². The second-order valence-electron chi connectivity index (χ2n) is 6.35. The lowest BCUT2D eigenvalue weighted by molar-refractivity contribution is 0.0163. The number of carbonyl (C=O) groups is 1. The first-order chi connectivity index (χ1) is 10.2. The molecule has 7 heteroatoms. The molecule has 0 aliphatic heterocycles. The Kier molecular flexibility index (Phi) is 7.25. The zero-order chi connectivity index (χ0) is 16.8. The van der Waals surface area contributed by atoms with Crippen LogP contribution in [0, 0.1) is 0 Å². The van der Waals surface area contributed by atoms with Crippen LogP contribution in [0.1, 0.15) is 45.5 Å². The van der Waals surface area contributed by atoms with Crippen molar-refractivity contribution >= 4 is 17.4 Å². The summed E-state index contributed by atoms with van der Waals surface area (Å²) >= 11 is 1.60. The Hall–Kier alpha value is -1.18. The average molecular weight is 329 g/mol. The summed E-state index contributed by atoms with van der Waals surface area (Å²) in [5, 5.41) is 12.9. The molecular formula is C15H27N3O3S. The zero-order valence-corrected chi connectivity index (χ0v) is 14.8. The maximum atomic E-state index is 12.2. The number of amides is 1. The number of hydrogen-bond acceptors (Lipinski definition) is 6. The van der Waals surface area contributed by atoms with E-state index < -0.39 is 17.8 Å². The highest BCUT2D eigenvalue weighted by molar-refractivity contribution is 7.09. The minimum atomic E-state index is -0.591. The molecule has 126 valence electrons. The van der Waals surface area contributed by atoms with Gasteiger partial charge in [-0.15, -0.1) is 11.3 Å².